The Kier molecular flexibility index (Phi) is 6.28. The normalized spacial score (nSPS) is 20.6. The fourth-order valence-electron chi connectivity index (χ4n) is 4.29. The maximum absolute atomic E-state index is 14.7. The molecule has 6 nitrogen and oxygen atoms in total. The Hall–Kier alpha value is -3.50. The van der Waals surface area contributed by atoms with Crippen LogP contribution in [0.15, 0.2) is 42.5 Å². The van der Waals surface area contributed by atoms with Crippen LogP contribution in [0.25, 0.3) is 0 Å². The van der Waals surface area contributed by atoms with E-state index >= 15 is 0 Å². The van der Waals surface area contributed by atoms with Gasteiger partial charge in [-0.1, -0.05) is 18.2 Å². The van der Waals surface area contributed by atoms with Gasteiger partial charge in [0.15, 0.2) is 0 Å². The third-order valence-electron chi connectivity index (χ3n) is 5.85. The largest absolute Gasteiger partial charge is 0.351 e. The van der Waals surface area contributed by atoms with Gasteiger partial charge in [-0.25, -0.2) is 22.0 Å². The molecule has 1 saturated heterocycles. The van der Waals surface area contributed by atoms with Crippen molar-refractivity contribution in [1.82, 2.24) is 10.2 Å². The molecular weight excluding hydrogens is 461 g/mol. The van der Waals surface area contributed by atoms with E-state index in [2.05, 4.69) is 10.6 Å². The molecule has 3 amide bonds. The Morgan fingerprint density at radius 2 is 1.68 bits per heavy atom. The maximum Gasteiger partial charge on any atom is 0.252 e. The lowest BCUT2D eigenvalue weighted by molar-refractivity contribution is -0.145. The molecule has 0 radical (unpaired) electrons. The summed E-state index contributed by atoms with van der Waals surface area (Å²) in [6.07, 6.45) is -1.37. The Bertz CT molecular complexity index is 1110. The van der Waals surface area contributed by atoms with Crippen LogP contribution in [0.4, 0.5) is 27.6 Å². The summed E-state index contributed by atoms with van der Waals surface area (Å²) in [6, 6.07) is 3.76. The number of carbonyl (C=O) groups is 3. The van der Waals surface area contributed by atoms with Crippen LogP contribution >= 0.6 is 0 Å². The van der Waals surface area contributed by atoms with Crippen molar-refractivity contribution in [3.63, 3.8) is 0 Å². The summed E-state index contributed by atoms with van der Waals surface area (Å²) in [5.41, 5.74) is -0.415. The molecule has 2 fully saturated rings. The predicted octanol–water partition coefficient (Wildman–Crippen LogP) is 3.69. The second kappa shape index (κ2) is 9.03. The zero-order valence-corrected chi connectivity index (χ0v) is 17.7. The van der Waals surface area contributed by atoms with E-state index in [9.17, 15) is 36.3 Å². The van der Waals surface area contributed by atoms with E-state index in [-0.39, 0.29) is 24.1 Å². The van der Waals surface area contributed by atoms with Gasteiger partial charge in [0, 0.05) is 42.6 Å². The van der Waals surface area contributed by atoms with E-state index in [4.69, 9.17) is 0 Å². The fourth-order valence-corrected chi connectivity index (χ4v) is 4.29. The number of hydrogen-bond donors (Lipinski definition) is 2. The highest BCUT2D eigenvalue weighted by atomic mass is 19.3. The Balaban J connectivity index is 1.63. The molecule has 2 aromatic rings. The van der Waals surface area contributed by atoms with Gasteiger partial charge in [0.2, 0.25) is 17.7 Å². The number of halogens is 5. The molecule has 1 aliphatic heterocycles. The second-order valence-electron chi connectivity index (χ2n) is 8.40. The summed E-state index contributed by atoms with van der Waals surface area (Å²) in [5, 5.41) is 4.72. The van der Waals surface area contributed by atoms with Crippen LogP contribution < -0.4 is 10.6 Å². The number of likely N-dealkylation sites (tertiary alicyclic amines) is 1. The minimum atomic E-state index is -2.92. The molecule has 2 atom stereocenters. The predicted molar refractivity (Wildman–Crippen MR) is 110 cm³/mol. The third kappa shape index (κ3) is 4.87. The zero-order chi connectivity index (χ0) is 24.6. The molecule has 180 valence electrons. The third-order valence-corrected chi connectivity index (χ3v) is 5.85. The highest BCUT2D eigenvalue weighted by Crippen LogP contribution is 2.39. The first-order chi connectivity index (χ1) is 16.0. The Labute approximate surface area is 191 Å². The van der Waals surface area contributed by atoms with Crippen LogP contribution in [0.3, 0.4) is 0 Å². The van der Waals surface area contributed by atoms with E-state index in [1.54, 1.807) is 0 Å². The van der Waals surface area contributed by atoms with Gasteiger partial charge >= 0.3 is 0 Å². The standard InChI is InChI=1S/C23H20F5N3O3/c24-12-7-13(25)9-14(8-12)29-21(33)18-5-6-19(32)31(18)20(16-3-1-2-4-17(16)26)22(34)30-15-10-23(27,28)11-15/h1-4,7-9,15,18,20H,5-6,10-11H2,(H,29,33)(H,30,34)/t18?,20-/m0/s1. The van der Waals surface area contributed by atoms with Crippen LogP contribution in [0.2, 0.25) is 0 Å². The molecule has 1 unspecified atom stereocenters. The lowest BCUT2D eigenvalue weighted by Crippen LogP contribution is -2.55. The first-order valence-corrected chi connectivity index (χ1v) is 10.5. The van der Waals surface area contributed by atoms with Gasteiger partial charge in [-0.05, 0) is 24.6 Å². The van der Waals surface area contributed by atoms with Gasteiger partial charge in [-0.15, -0.1) is 0 Å². The van der Waals surface area contributed by atoms with Crippen LogP contribution in [-0.2, 0) is 14.4 Å². The number of anilines is 1. The van der Waals surface area contributed by atoms with Crippen molar-refractivity contribution >= 4 is 23.4 Å². The van der Waals surface area contributed by atoms with Gasteiger partial charge in [0.25, 0.3) is 5.92 Å². The van der Waals surface area contributed by atoms with Crippen molar-refractivity contribution in [2.45, 2.75) is 49.7 Å². The summed E-state index contributed by atoms with van der Waals surface area (Å²) >= 11 is 0. The van der Waals surface area contributed by atoms with Gasteiger partial charge < -0.3 is 15.5 Å². The molecule has 11 heteroatoms. The highest BCUT2D eigenvalue weighted by molar-refractivity contribution is 6.01. The summed E-state index contributed by atoms with van der Waals surface area (Å²) < 4.78 is 68.2. The lowest BCUT2D eigenvalue weighted by atomic mass is 9.87. The van der Waals surface area contributed by atoms with Crippen LogP contribution in [-0.4, -0.2) is 40.6 Å². The molecule has 2 aliphatic rings. The monoisotopic (exact) mass is 481 g/mol. The summed E-state index contributed by atoms with van der Waals surface area (Å²) in [6.45, 7) is 0. The first-order valence-electron chi connectivity index (χ1n) is 10.5. The lowest BCUT2D eigenvalue weighted by Gasteiger charge is -2.38. The Morgan fingerprint density at radius 1 is 1.03 bits per heavy atom. The van der Waals surface area contributed by atoms with Gasteiger partial charge in [-0.3, -0.25) is 14.4 Å². The van der Waals surface area contributed by atoms with Crippen LogP contribution in [0, 0.1) is 17.5 Å². The van der Waals surface area contributed by atoms with E-state index in [0.29, 0.717) is 6.07 Å². The molecule has 0 spiro atoms. The first kappa shape index (κ1) is 23.7. The maximum atomic E-state index is 14.7. The molecule has 34 heavy (non-hydrogen) atoms. The number of alkyl halides is 2. The van der Waals surface area contributed by atoms with Crippen molar-refractivity contribution in [2.24, 2.45) is 0 Å². The molecular formula is C23H20F5N3O3. The average molecular weight is 481 g/mol. The molecule has 4 rings (SSSR count). The number of carbonyl (C=O) groups excluding carboxylic acids is 3. The van der Waals surface area contributed by atoms with Crippen molar-refractivity contribution in [3.05, 3.63) is 65.5 Å². The average Bonchev–Trinajstić information content (AvgIpc) is 3.09. The molecule has 2 aromatic carbocycles. The van der Waals surface area contributed by atoms with E-state index in [0.717, 1.165) is 23.1 Å². The van der Waals surface area contributed by atoms with Crippen molar-refractivity contribution in [3.8, 4) is 0 Å². The molecule has 1 saturated carbocycles. The van der Waals surface area contributed by atoms with E-state index < -0.39 is 72.1 Å². The molecule has 1 aliphatic carbocycles. The van der Waals surface area contributed by atoms with Gasteiger partial charge in [0.05, 0.1) is 0 Å². The van der Waals surface area contributed by atoms with Crippen LogP contribution in [0.1, 0.15) is 37.3 Å². The summed E-state index contributed by atoms with van der Waals surface area (Å²) in [4.78, 5) is 39.7. The smallest absolute Gasteiger partial charge is 0.252 e. The quantitative estimate of drug-likeness (QED) is 0.618. The zero-order valence-electron chi connectivity index (χ0n) is 17.7. The number of nitrogens with one attached hydrogen (secondary N) is 2. The minimum Gasteiger partial charge on any atom is -0.351 e. The van der Waals surface area contributed by atoms with Gasteiger partial charge in [0.1, 0.15) is 29.5 Å². The number of hydrogen-bond acceptors (Lipinski definition) is 3. The van der Waals surface area contributed by atoms with E-state index in [1.807, 2.05) is 0 Å². The molecule has 0 aromatic heterocycles. The fraction of sp³-hybridized carbons (Fsp3) is 0.348. The number of nitrogens with zero attached hydrogens (tertiary/aromatic N) is 1. The molecule has 0 bridgehead atoms. The molecule has 2 N–H and O–H groups in total. The Morgan fingerprint density at radius 3 is 2.29 bits per heavy atom. The highest BCUT2D eigenvalue weighted by Gasteiger charge is 2.49. The van der Waals surface area contributed by atoms with Crippen molar-refractivity contribution in [2.75, 3.05) is 5.32 Å². The number of benzene rings is 2. The van der Waals surface area contributed by atoms with E-state index in [1.165, 1.54) is 18.2 Å². The summed E-state index contributed by atoms with van der Waals surface area (Å²) in [5.74, 6) is -7.99. The summed E-state index contributed by atoms with van der Waals surface area (Å²) in [7, 11) is 0. The topological polar surface area (TPSA) is 78.5 Å². The van der Waals surface area contributed by atoms with Crippen LogP contribution in [0.5, 0.6) is 0 Å². The van der Waals surface area contributed by atoms with Crippen molar-refractivity contribution in [1.29, 1.82) is 0 Å². The number of amides is 3. The van der Waals surface area contributed by atoms with Gasteiger partial charge in [-0.2, -0.15) is 0 Å². The minimum absolute atomic E-state index is 0.0395. The molecule has 1 heterocycles. The van der Waals surface area contributed by atoms with Crippen molar-refractivity contribution < 1.29 is 36.3 Å². The second-order valence-corrected chi connectivity index (χ2v) is 8.40. The number of rotatable bonds is 6. The SMILES string of the molecule is O=C(Nc1cc(F)cc(F)c1)C1CCC(=O)N1[C@H](C(=O)NC1CC(F)(F)C1)c1ccccc1F.